The fraction of sp³-hybridized carbons (Fsp3) is 0.235. The largest absolute Gasteiger partial charge is 0.370 e. The number of halogens is 1. The lowest BCUT2D eigenvalue weighted by molar-refractivity contribution is 0.491. The zero-order valence-electron chi connectivity index (χ0n) is 12.5. The van der Waals surface area contributed by atoms with Crippen molar-refractivity contribution in [3.05, 3.63) is 60.0 Å². The van der Waals surface area contributed by atoms with E-state index in [0.29, 0.717) is 5.92 Å². The summed E-state index contributed by atoms with van der Waals surface area (Å²) in [6, 6.07) is 12.8. The number of benzene rings is 1. The van der Waals surface area contributed by atoms with Crippen LogP contribution in [0.3, 0.4) is 0 Å². The molecule has 3 aromatic rings. The molecule has 1 aliphatic rings. The van der Waals surface area contributed by atoms with Gasteiger partial charge in [-0.15, -0.1) is 0 Å². The summed E-state index contributed by atoms with van der Waals surface area (Å²) < 4.78 is 13.1. The highest BCUT2D eigenvalue weighted by Crippen LogP contribution is 2.25. The number of hydrogen-bond acceptors (Lipinski definition) is 4. The standard InChI is InChI=1S/C17H18FN5/c18-14-4-1-11(2-5-14)16-13(10-21-23-16)9-20-15-6-3-12-7-8-19-17(12)22-15/h1-8,13,16,21,23H,9-10H2,(H2,19,20,22). The molecule has 0 aliphatic carbocycles. The van der Waals surface area contributed by atoms with Gasteiger partial charge in [0, 0.05) is 30.6 Å². The maximum absolute atomic E-state index is 13.1. The molecule has 23 heavy (non-hydrogen) atoms. The molecule has 0 spiro atoms. The average molecular weight is 311 g/mol. The number of nitrogens with one attached hydrogen (secondary N) is 4. The number of anilines is 1. The van der Waals surface area contributed by atoms with Gasteiger partial charge in [0.25, 0.3) is 0 Å². The third kappa shape index (κ3) is 2.91. The molecule has 5 nitrogen and oxygen atoms in total. The molecule has 6 heteroatoms. The van der Waals surface area contributed by atoms with Crippen LogP contribution in [0, 0.1) is 11.7 Å². The molecule has 1 aliphatic heterocycles. The molecule has 1 saturated heterocycles. The van der Waals surface area contributed by atoms with E-state index in [4.69, 9.17) is 0 Å². The van der Waals surface area contributed by atoms with E-state index in [0.717, 1.165) is 35.5 Å². The van der Waals surface area contributed by atoms with Crippen LogP contribution in [0.25, 0.3) is 11.0 Å². The second-order valence-corrected chi connectivity index (χ2v) is 5.81. The predicted molar refractivity (Wildman–Crippen MR) is 88.4 cm³/mol. The Bertz CT molecular complexity index is 798. The molecule has 2 atom stereocenters. The molecule has 2 aromatic heterocycles. The summed E-state index contributed by atoms with van der Waals surface area (Å²) in [5, 5.41) is 4.50. The van der Waals surface area contributed by atoms with Gasteiger partial charge < -0.3 is 10.3 Å². The van der Waals surface area contributed by atoms with Crippen molar-refractivity contribution in [3.8, 4) is 0 Å². The van der Waals surface area contributed by atoms with Crippen LogP contribution < -0.4 is 16.2 Å². The highest BCUT2D eigenvalue weighted by molar-refractivity contribution is 5.77. The Hall–Kier alpha value is -2.44. The maximum atomic E-state index is 13.1. The SMILES string of the molecule is Fc1ccc(C2NNCC2CNc2ccc3cc[nH]c3n2)cc1. The lowest BCUT2D eigenvalue weighted by atomic mass is 9.95. The van der Waals surface area contributed by atoms with Gasteiger partial charge >= 0.3 is 0 Å². The molecule has 2 unspecified atom stereocenters. The summed E-state index contributed by atoms with van der Waals surface area (Å²) >= 11 is 0. The number of hydrazine groups is 1. The van der Waals surface area contributed by atoms with Crippen molar-refractivity contribution in [2.75, 3.05) is 18.4 Å². The molecule has 0 amide bonds. The average Bonchev–Trinajstić information content (AvgIpc) is 3.22. The fourth-order valence-corrected chi connectivity index (χ4v) is 3.02. The van der Waals surface area contributed by atoms with Gasteiger partial charge in [-0.2, -0.15) is 0 Å². The number of aromatic nitrogens is 2. The van der Waals surface area contributed by atoms with Crippen molar-refractivity contribution < 1.29 is 4.39 Å². The Balaban J connectivity index is 1.45. The Morgan fingerprint density at radius 1 is 1.13 bits per heavy atom. The fourth-order valence-electron chi connectivity index (χ4n) is 3.02. The van der Waals surface area contributed by atoms with Crippen LogP contribution in [0.5, 0.6) is 0 Å². The van der Waals surface area contributed by atoms with Crippen molar-refractivity contribution in [3.63, 3.8) is 0 Å². The smallest absolute Gasteiger partial charge is 0.139 e. The van der Waals surface area contributed by atoms with E-state index in [1.807, 2.05) is 36.5 Å². The molecule has 4 N–H and O–H groups in total. The number of aromatic amines is 1. The first kappa shape index (κ1) is 14.2. The van der Waals surface area contributed by atoms with Gasteiger partial charge in [-0.1, -0.05) is 12.1 Å². The van der Waals surface area contributed by atoms with Crippen molar-refractivity contribution in [1.82, 2.24) is 20.8 Å². The van der Waals surface area contributed by atoms with E-state index in [2.05, 4.69) is 26.1 Å². The summed E-state index contributed by atoms with van der Waals surface area (Å²) in [5.74, 6) is 0.990. The Kier molecular flexibility index (Phi) is 3.69. The van der Waals surface area contributed by atoms with Gasteiger partial charge in [-0.3, -0.25) is 5.43 Å². The molecular formula is C17H18FN5. The molecule has 1 aromatic carbocycles. The van der Waals surface area contributed by atoms with Crippen molar-refractivity contribution >= 4 is 16.9 Å². The van der Waals surface area contributed by atoms with Gasteiger partial charge in [-0.05, 0) is 35.9 Å². The Morgan fingerprint density at radius 3 is 2.87 bits per heavy atom. The first-order valence-electron chi connectivity index (χ1n) is 7.71. The summed E-state index contributed by atoms with van der Waals surface area (Å²) in [6.07, 6.45) is 1.89. The Labute approximate surface area is 133 Å². The normalized spacial score (nSPS) is 20.9. The lowest BCUT2D eigenvalue weighted by Gasteiger charge is -2.19. The number of pyridine rings is 1. The summed E-state index contributed by atoms with van der Waals surface area (Å²) in [5.41, 5.74) is 8.41. The first-order valence-corrected chi connectivity index (χ1v) is 7.71. The third-order valence-electron chi connectivity index (χ3n) is 4.28. The van der Waals surface area contributed by atoms with Crippen molar-refractivity contribution in [2.45, 2.75) is 6.04 Å². The van der Waals surface area contributed by atoms with Crippen LogP contribution in [-0.4, -0.2) is 23.1 Å². The molecule has 3 heterocycles. The highest BCUT2D eigenvalue weighted by atomic mass is 19.1. The summed E-state index contributed by atoms with van der Waals surface area (Å²) in [4.78, 5) is 7.66. The molecule has 1 fully saturated rings. The van der Waals surface area contributed by atoms with Crippen LogP contribution in [0.15, 0.2) is 48.7 Å². The second kappa shape index (κ2) is 5.98. The Morgan fingerprint density at radius 2 is 2.00 bits per heavy atom. The number of hydrogen-bond donors (Lipinski definition) is 4. The number of rotatable bonds is 4. The maximum Gasteiger partial charge on any atom is 0.139 e. The zero-order valence-corrected chi connectivity index (χ0v) is 12.5. The lowest BCUT2D eigenvalue weighted by Crippen LogP contribution is -2.26. The monoisotopic (exact) mass is 311 g/mol. The highest BCUT2D eigenvalue weighted by Gasteiger charge is 2.28. The van der Waals surface area contributed by atoms with Gasteiger partial charge in [-0.25, -0.2) is 14.8 Å². The second-order valence-electron chi connectivity index (χ2n) is 5.81. The molecule has 0 saturated carbocycles. The van der Waals surface area contributed by atoms with E-state index < -0.39 is 0 Å². The minimum Gasteiger partial charge on any atom is -0.370 e. The molecule has 0 radical (unpaired) electrons. The molecule has 0 bridgehead atoms. The van der Waals surface area contributed by atoms with E-state index >= 15 is 0 Å². The van der Waals surface area contributed by atoms with Gasteiger partial charge in [0.1, 0.15) is 17.3 Å². The topological polar surface area (TPSA) is 64.8 Å². The summed E-state index contributed by atoms with van der Waals surface area (Å²) in [6.45, 7) is 1.63. The van der Waals surface area contributed by atoms with Crippen LogP contribution in [0.4, 0.5) is 10.2 Å². The van der Waals surface area contributed by atoms with E-state index in [1.54, 1.807) is 0 Å². The molecular weight excluding hydrogens is 293 g/mol. The van der Waals surface area contributed by atoms with Crippen molar-refractivity contribution in [2.24, 2.45) is 5.92 Å². The van der Waals surface area contributed by atoms with E-state index in [1.165, 1.54) is 12.1 Å². The van der Waals surface area contributed by atoms with Crippen molar-refractivity contribution in [1.29, 1.82) is 0 Å². The predicted octanol–water partition coefficient (Wildman–Crippen LogP) is 2.58. The van der Waals surface area contributed by atoms with Crippen LogP contribution in [-0.2, 0) is 0 Å². The zero-order chi connectivity index (χ0) is 15.6. The molecule has 4 rings (SSSR count). The number of nitrogens with zero attached hydrogens (tertiary/aromatic N) is 1. The minimum atomic E-state index is -0.210. The van der Waals surface area contributed by atoms with Crippen LogP contribution in [0.1, 0.15) is 11.6 Å². The van der Waals surface area contributed by atoms with Gasteiger partial charge in [0.2, 0.25) is 0 Å². The van der Waals surface area contributed by atoms with Crippen LogP contribution >= 0.6 is 0 Å². The van der Waals surface area contributed by atoms with Crippen LogP contribution in [0.2, 0.25) is 0 Å². The van der Waals surface area contributed by atoms with Gasteiger partial charge in [0.15, 0.2) is 0 Å². The number of H-pyrrole nitrogens is 1. The third-order valence-corrected chi connectivity index (χ3v) is 4.28. The quantitative estimate of drug-likeness (QED) is 0.598. The molecule has 118 valence electrons. The van der Waals surface area contributed by atoms with E-state index in [-0.39, 0.29) is 11.9 Å². The first-order chi connectivity index (χ1) is 11.3. The minimum absolute atomic E-state index is 0.150. The number of fused-ring (bicyclic) bond motifs is 1. The van der Waals surface area contributed by atoms with Gasteiger partial charge in [0.05, 0.1) is 6.04 Å². The van der Waals surface area contributed by atoms with E-state index in [9.17, 15) is 4.39 Å². The summed E-state index contributed by atoms with van der Waals surface area (Å²) in [7, 11) is 0.